The van der Waals surface area contributed by atoms with Crippen molar-refractivity contribution in [2.45, 2.75) is 69.2 Å². The third-order valence-electron chi connectivity index (χ3n) is 8.41. The van der Waals surface area contributed by atoms with E-state index in [4.69, 9.17) is 0 Å². The van der Waals surface area contributed by atoms with E-state index in [1.165, 1.54) is 76.8 Å². The molecule has 0 aromatic heterocycles. The van der Waals surface area contributed by atoms with Crippen LogP contribution in [0.2, 0.25) is 0 Å². The largest absolute Gasteiger partial charge is 0.0683 e. The first-order chi connectivity index (χ1) is 25.8. The second-order valence-electron chi connectivity index (χ2n) is 10.9. The van der Waals surface area contributed by atoms with Crippen LogP contribution in [0.5, 0.6) is 0 Å². The summed E-state index contributed by atoms with van der Waals surface area (Å²) < 4.78 is 0. The molecule has 0 fully saturated rings. The molecule has 52 heavy (non-hydrogen) atoms. The number of benzene rings is 8. The van der Waals surface area contributed by atoms with Crippen LogP contribution in [0.15, 0.2) is 170 Å². The van der Waals surface area contributed by atoms with Gasteiger partial charge in [0.05, 0.1) is 0 Å². The zero-order chi connectivity index (χ0) is 37.9. The molecule has 0 bridgehead atoms. The molecule has 8 rings (SSSR count). The van der Waals surface area contributed by atoms with Crippen LogP contribution in [0.4, 0.5) is 0 Å². The zero-order valence-corrected chi connectivity index (χ0v) is 33.2. The highest BCUT2D eigenvalue weighted by Gasteiger charge is 2.18. The fraction of sp³-hybridized carbons (Fsp3) is 0.192. The molecule has 0 aliphatic carbocycles. The minimum Gasteiger partial charge on any atom is -0.0683 e. The Morgan fingerprint density at radius 2 is 0.538 bits per heavy atom. The predicted octanol–water partition coefficient (Wildman–Crippen LogP) is 16.9. The van der Waals surface area contributed by atoms with Gasteiger partial charge in [0.1, 0.15) is 0 Å². The van der Waals surface area contributed by atoms with E-state index < -0.39 is 0 Å². The van der Waals surface area contributed by atoms with Crippen LogP contribution in [-0.2, 0) is 0 Å². The maximum Gasteiger partial charge on any atom is -0.00259 e. The van der Waals surface area contributed by atoms with Crippen LogP contribution in [0.3, 0.4) is 0 Å². The van der Waals surface area contributed by atoms with Crippen molar-refractivity contribution >= 4 is 32.3 Å². The van der Waals surface area contributed by atoms with E-state index in [0.717, 1.165) is 0 Å². The third kappa shape index (κ3) is 9.06. The van der Waals surface area contributed by atoms with E-state index in [1.807, 2.05) is 69.2 Å². The Morgan fingerprint density at radius 1 is 0.212 bits per heavy atom. The van der Waals surface area contributed by atoms with E-state index in [2.05, 4.69) is 170 Å². The quantitative estimate of drug-likeness (QED) is 0.162. The summed E-state index contributed by atoms with van der Waals surface area (Å²) in [5.74, 6) is 0. The lowest BCUT2D eigenvalue weighted by Gasteiger charge is -2.19. The molecule has 0 N–H and O–H groups in total. The predicted molar refractivity (Wildman–Crippen MR) is 237 cm³/mol. The lowest BCUT2D eigenvalue weighted by atomic mass is 9.84. The van der Waals surface area contributed by atoms with E-state index in [-0.39, 0.29) is 0 Å². The topological polar surface area (TPSA) is 0 Å². The molecule has 266 valence electrons. The van der Waals surface area contributed by atoms with Gasteiger partial charge in [0.2, 0.25) is 0 Å². The SMILES string of the molecule is CC.CC.CC.CC.CC.c1ccc(-c2cc(-c3ccccc3)cc(-c3c4ccccc4c(-c4ccc5ccccc5c4)c4ccccc34)c2)cc1. The summed E-state index contributed by atoms with van der Waals surface area (Å²) in [6.45, 7) is 20.0. The lowest BCUT2D eigenvalue weighted by Crippen LogP contribution is -1.92. The molecule has 0 aliphatic rings. The molecule has 8 aromatic carbocycles. The van der Waals surface area contributed by atoms with Crippen LogP contribution in [0, 0.1) is 0 Å². The second-order valence-corrected chi connectivity index (χ2v) is 10.9. The standard InChI is InChI=1S/C42H28.5C2H6/c1-3-13-29(14-4-1)34-26-35(30-15-5-2-6-16-30)28-36(27-34)42-39-21-11-9-19-37(39)41(38-20-10-12-22-40(38)42)33-24-23-31-17-7-8-18-32(31)25-33;5*1-2/h1-28H;5*1-2H3. The van der Waals surface area contributed by atoms with Gasteiger partial charge in [-0.15, -0.1) is 0 Å². The van der Waals surface area contributed by atoms with E-state index in [1.54, 1.807) is 0 Å². The van der Waals surface area contributed by atoms with Crippen molar-refractivity contribution in [1.29, 1.82) is 0 Å². The third-order valence-corrected chi connectivity index (χ3v) is 8.41. The summed E-state index contributed by atoms with van der Waals surface area (Å²) >= 11 is 0. The summed E-state index contributed by atoms with van der Waals surface area (Å²) in [6, 6.07) is 61.8. The van der Waals surface area contributed by atoms with Crippen LogP contribution in [0.1, 0.15) is 69.2 Å². The molecule has 8 aromatic rings. The Hall–Kier alpha value is -5.46. The van der Waals surface area contributed by atoms with Crippen molar-refractivity contribution in [3.05, 3.63) is 170 Å². The normalized spacial score (nSPS) is 9.73. The van der Waals surface area contributed by atoms with Gasteiger partial charge in [0.15, 0.2) is 0 Å². The number of rotatable bonds is 4. The summed E-state index contributed by atoms with van der Waals surface area (Å²) in [4.78, 5) is 0. The highest BCUT2D eigenvalue weighted by atomic mass is 14.2. The van der Waals surface area contributed by atoms with Crippen molar-refractivity contribution in [3.8, 4) is 44.5 Å². The molecular formula is C52H58. The van der Waals surface area contributed by atoms with E-state index in [9.17, 15) is 0 Å². The first kappa shape index (κ1) is 41.0. The first-order valence-corrected chi connectivity index (χ1v) is 19.5. The van der Waals surface area contributed by atoms with Gasteiger partial charge in [0.25, 0.3) is 0 Å². The van der Waals surface area contributed by atoms with Crippen molar-refractivity contribution in [2.75, 3.05) is 0 Å². The first-order valence-electron chi connectivity index (χ1n) is 19.5. The van der Waals surface area contributed by atoms with Gasteiger partial charge < -0.3 is 0 Å². The molecule has 0 aliphatic heterocycles. The second kappa shape index (κ2) is 21.7. The summed E-state index contributed by atoms with van der Waals surface area (Å²) in [6.07, 6.45) is 0. The summed E-state index contributed by atoms with van der Waals surface area (Å²) in [7, 11) is 0. The highest BCUT2D eigenvalue weighted by Crippen LogP contribution is 2.45. The van der Waals surface area contributed by atoms with Crippen LogP contribution in [-0.4, -0.2) is 0 Å². The molecular weight excluding hydrogens is 625 g/mol. The molecule has 0 nitrogen and oxygen atoms in total. The monoisotopic (exact) mass is 682 g/mol. The van der Waals surface area contributed by atoms with Crippen molar-refractivity contribution in [2.24, 2.45) is 0 Å². The maximum atomic E-state index is 2.37. The summed E-state index contributed by atoms with van der Waals surface area (Å²) in [5, 5.41) is 7.60. The maximum absolute atomic E-state index is 2.37. The number of hydrogen-bond acceptors (Lipinski definition) is 0. The van der Waals surface area contributed by atoms with Crippen LogP contribution in [0.25, 0.3) is 76.8 Å². The Morgan fingerprint density at radius 3 is 0.962 bits per heavy atom. The molecule has 0 heterocycles. The number of fused-ring (bicyclic) bond motifs is 3. The average Bonchev–Trinajstić information content (AvgIpc) is 3.26. The lowest BCUT2D eigenvalue weighted by molar-refractivity contribution is 1.50. The Balaban J connectivity index is 0.000000675. The van der Waals surface area contributed by atoms with Gasteiger partial charge in [-0.1, -0.05) is 215 Å². The van der Waals surface area contributed by atoms with Gasteiger partial charge in [-0.3, -0.25) is 0 Å². The molecule has 0 atom stereocenters. The Bertz CT molecular complexity index is 2110. The van der Waals surface area contributed by atoms with Crippen LogP contribution >= 0.6 is 0 Å². The van der Waals surface area contributed by atoms with Gasteiger partial charge in [-0.05, 0) is 101 Å². The van der Waals surface area contributed by atoms with Gasteiger partial charge in [-0.2, -0.15) is 0 Å². The minimum absolute atomic E-state index is 1.22. The van der Waals surface area contributed by atoms with Crippen molar-refractivity contribution in [3.63, 3.8) is 0 Å². The smallest absolute Gasteiger partial charge is 0.00259 e. The van der Waals surface area contributed by atoms with Crippen molar-refractivity contribution in [1.82, 2.24) is 0 Å². The van der Waals surface area contributed by atoms with E-state index >= 15 is 0 Å². The molecule has 0 heteroatoms. The van der Waals surface area contributed by atoms with E-state index in [0.29, 0.717) is 0 Å². The molecule has 0 spiro atoms. The van der Waals surface area contributed by atoms with Crippen LogP contribution < -0.4 is 0 Å². The molecule has 0 saturated heterocycles. The number of hydrogen-bond donors (Lipinski definition) is 0. The highest BCUT2D eigenvalue weighted by molar-refractivity contribution is 6.22. The van der Waals surface area contributed by atoms with Crippen molar-refractivity contribution < 1.29 is 0 Å². The van der Waals surface area contributed by atoms with Gasteiger partial charge in [-0.25, -0.2) is 0 Å². The fourth-order valence-corrected chi connectivity index (χ4v) is 6.46. The molecule has 0 amide bonds. The minimum atomic E-state index is 1.22. The molecule has 0 radical (unpaired) electrons. The zero-order valence-electron chi connectivity index (χ0n) is 33.2. The Labute approximate surface area is 314 Å². The average molecular weight is 683 g/mol. The summed E-state index contributed by atoms with van der Waals surface area (Å²) in [5.41, 5.74) is 9.93. The Kier molecular flexibility index (Phi) is 17.1. The van der Waals surface area contributed by atoms with Gasteiger partial charge in [0, 0.05) is 0 Å². The fourth-order valence-electron chi connectivity index (χ4n) is 6.46. The molecule has 0 saturated carbocycles. The van der Waals surface area contributed by atoms with Gasteiger partial charge >= 0.3 is 0 Å². The molecule has 0 unspecified atom stereocenters.